The Labute approximate surface area is 192 Å². The molecule has 166 valence electrons. The van der Waals surface area contributed by atoms with E-state index in [9.17, 15) is 4.39 Å². The van der Waals surface area contributed by atoms with Crippen molar-refractivity contribution in [3.63, 3.8) is 0 Å². The fourth-order valence-electron chi connectivity index (χ4n) is 3.35. The highest BCUT2D eigenvalue weighted by molar-refractivity contribution is 14.0. The lowest BCUT2D eigenvalue weighted by atomic mass is 10.0. The van der Waals surface area contributed by atoms with Gasteiger partial charge in [0.1, 0.15) is 5.82 Å². The number of rotatable bonds is 10. The number of unbranched alkanes of at least 4 members (excludes halogenated alkanes) is 1. The van der Waals surface area contributed by atoms with Gasteiger partial charge in [0, 0.05) is 39.8 Å². The van der Waals surface area contributed by atoms with Crippen LogP contribution in [-0.4, -0.2) is 82.3 Å². The van der Waals surface area contributed by atoms with Crippen LogP contribution in [-0.2, 0) is 4.74 Å². The Bertz CT molecular complexity index is 581. The monoisotopic (exact) mass is 521 g/mol. The predicted octanol–water partition coefficient (Wildman–Crippen LogP) is 2.71. The number of ether oxygens (including phenoxy) is 1. The summed E-state index contributed by atoms with van der Waals surface area (Å²) >= 11 is 0. The molecule has 1 atom stereocenters. The third kappa shape index (κ3) is 9.59. The highest BCUT2D eigenvalue weighted by Gasteiger charge is 2.23. The number of likely N-dealkylation sites (N-methyl/N-ethyl adjacent to an activating group) is 1. The van der Waals surface area contributed by atoms with Gasteiger partial charge in [0.25, 0.3) is 0 Å². The van der Waals surface area contributed by atoms with Crippen LogP contribution >= 0.6 is 24.0 Å². The van der Waals surface area contributed by atoms with Crippen LogP contribution in [0, 0.1) is 5.82 Å². The van der Waals surface area contributed by atoms with Crippen molar-refractivity contribution in [3.8, 4) is 0 Å². The molecule has 1 aromatic rings. The Morgan fingerprint density at radius 1 is 1.21 bits per heavy atom. The largest absolute Gasteiger partial charge is 0.379 e. The lowest BCUT2D eigenvalue weighted by molar-refractivity contribution is 0.0170. The van der Waals surface area contributed by atoms with E-state index in [0.29, 0.717) is 6.54 Å². The molecule has 29 heavy (non-hydrogen) atoms. The van der Waals surface area contributed by atoms with Gasteiger partial charge in [0.05, 0.1) is 19.3 Å². The summed E-state index contributed by atoms with van der Waals surface area (Å²) in [5, 5.41) is 6.83. The van der Waals surface area contributed by atoms with Gasteiger partial charge in [-0.15, -0.1) is 24.0 Å². The molecule has 1 unspecified atom stereocenters. The van der Waals surface area contributed by atoms with Crippen molar-refractivity contribution in [2.24, 2.45) is 4.99 Å². The smallest absolute Gasteiger partial charge is 0.191 e. The van der Waals surface area contributed by atoms with Crippen molar-refractivity contribution < 1.29 is 9.13 Å². The molecule has 0 spiro atoms. The van der Waals surface area contributed by atoms with Crippen LogP contribution in [0.15, 0.2) is 29.3 Å². The van der Waals surface area contributed by atoms with Crippen molar-refractivity contribution in [3.05, 3.63) is 35.6 Å². The number of halogens is 2. The maximum atomic E-state index is 13.4. The fraction of sp³-hybridized carbons (Fsp3) is 0.667. The van der Waals surface area contributed by atoms with E-state index in [1.807, 2.05) is 12.1 Å². The Morgan fingerprint density at radius 2 is 1.90 bits per heavy atom. The molecule has 0 aromatic heterocycles. The summed E-state index contributed by atoms with van der Waals surface area (Å²) in [5.41, 5.74) is 1.10. The number of hydrogen-bond acceptors (Lipinski definition) is 4. The summed E-state index contributed by atoms with van der Waals surface area (Å²) in [6, 6.07) is 6.95. The minimum Gasteiger partial charge on any atom is -0.379 e. The Morgan fingerprint density at radius 3 is 2.52 bits per heavy atom. The van der Waals surface area contributed by atoms with E-state index in [-0.39, 0.29) is 35.8 Å². The highest BCUT2D eigenvalue weighted by atomic mass is 127. The zero-order valence-corrected chi connectivity index (χ0v) is 20.3. The van der Waals surface area contributed by atoms with E-state index in [0.717, 1.165) is 57.5 Å². The second-order valence-electron chi connectivity index (χ2n) is 7.25. The van der Waals surface area contributed by atoms with E-state index >= 15 is 0 Å². The molecule has 1 aliphatic heterocycles. The van der Waals surface area contributed by atoms with Crippen LogP contribution in [0.4, 0.5) is 4.39 Å². The van der Waals surface area contributed by atoms with Crippen molar-refractivity contribution >= 4 is 29.9 Å². The van der Waals surface area contributed by atoms with E-state index in [4.69, 9.17) is 4.74 Å². The normalized spacial score (nSPS) is 16.4. The molecule has 1 aromatic carbocycles. The zero-order chi connectivity index (χ0) is 20.2. The first kappa shape index (κ1) is 26.1. The molecule has 1 saturated heterocycles. The van der Waals surface area contributed by atoms with Crippen LogP contribution in [0.1, 0.15) is 31.4 Å². The topological polar surface area (TPSA) is 52.1 Å². The molecular formula is C21H37FIN5O. The summed E-state index contributed by atoms with van der Waals surface area (Å²) in [6.45, 7) is 9.07. The van der Waals surface area contributed by atoms with Crippen molar-refractivity contribution in [2.75, 3.05) is 66.6 Å². The first-order valence-corrected chi connectivity index (χ1v) is 10.3. The summed E-state index contributed by atoms with van der Waals surface area (Å²) in [6.07, 6.45) is 2.44. The molecule has 2 N–H and O–H groups in total. The van der Waals surface area contributed by atoms with Gasteiger partial charge < -0.3 is 20.3 Å². The van der Waals surface area contributed by atoms with Gasteiger partial charge in [-0.05, 0) is 37.7 Å². The number of guanidine groups is 1. The number of nitrogens with zero attached hydrogens (tertiary/aromatic N) is 3. The molecular weight excluding hydrogens is 484 g/mol. The lowest BCUT2D eigenvalue weighted by Crippen LogP contribution is -2.47. The average Bonchev–Trinajstić information content (AvgIpc) is 2.73. The second-order valence-corrected chi connectivity index (χ2v) is 7.25. The van der Waals surface area contributed by atoms with Gasteiger partial charge in [-0.25, -0.2) is 4.39 Å². The van der Waals surface area contributed by atoms with Crippen LogP contribution in [0.2, 0.25) is 0 Å². The van der Waals surface area contributed by atoms with Gasteiger partial charge in [-0.2, -0.15) is 0 Å². The van der Waals surface area contributed by atoms with Crippen LogP contribution in [0.25, 0.3) is 0 Å². The van der Waals surface area contributed by atoms with E-state index in [1.165, 1.54) is 25.0 Å². The Balaban J connectivity index is 0.00000420. The standard InChI is InChI=1S/C21H36FN5O.HI/c1-4-5-11-26(3)12-10-24-21(23-2)25-17-20(27-13-15-28-16-14-27)18-6-8-19(22)9-7-18;/h6-9,20H,4-5,10-17H2,1-3H3,(H2,23,24,25);1H. The first-order chi connectivity index (χ1) is 13.6. The van der Waals surface area contributed by atoms with Crippen LogP contribution in [0.5, 0.6) is 0 Å². The van der Waals surface area contributed by atoms with Crippen molar-refractivity contribution in [1.82, 2.24) is 20.4 Å². The average molecular weight is 521 g/mol. The number of nitrogens with one attached hydrogen (secondary N) is 2. The number of benzene rings is 1. The Hall–Kier alpha value is -0.970. The number of morpholine rings is 1. The maximum absolute atomic E-state index is 13.4. The van der Waals surface area contributed by atoms with Crippen LogP contribution in [0.3, 0.4) is 0 Å². The van der Waals surface area contributed by atoms with Gasteiger partial charge in [0.15, 0.2) is 5.96 Å². The van der Waals surface area contributed by atoms with Crippen LogP contribution < -0.4 is 10.6 Å². The zero-order valence-electron chi connectivity index (χ0n) is 18.0. The van der Waals surface area contributed by atoms with Crippen molar-refractivity contribution in [2.45, 2.75) is 25.8 Å². The molecule has 6 nitrogen and oxygen atoms in total. The second kappa shape index (κ2) is 14.9. The SMILES string of the molecule is CCCCN(C)CCNC(=NC)NCC(c1ccc(F)cc1)N1CCOCC1.I. The molecule has 0 aliphatic carbocycles. The summed E-state index contributed by atoms with van der Waals surface area (Å²) in [5.74, 6) is 0.589. The summed E-state index contributed by atoms with van der Waals surface area (Å²) < 4.78 is 18.9. The van der Waals surface area contributed by atoms with E-state index in [2.05, 4.69) is 39.4 Å². The Kier molecular flexibility index (Phi) is 13.4. The minimum absolute atomic E-state index is 0. The molecule has 0 amide bonds. The van der Waals surface area contributed by atoms with Crippen molar-refractivity contribution in [1.29, 1.82) is 0 Å². The summed E-state index contributed by atoms with van der Waals surface area (Å²) in [4.78, 5) is 9.06. The third-order valence-corrected chi connectivity index (χ3v) is 5.11. The highest BCUT2D eigenvalue weighted by Crippen LogP contribution is 2.21. The lowest BCUT2D eigenvalue weighted by Gasteiger charge is -2.35. The molecule has 1 aliphatic rings. The molecule has 0 saturated carbocycles. The predicted molar refractivity (Wildman–Crippen MR) is 129 cm³/mol. The fourth-order valence-corrected chi connectivity index (χ4v) is 3.35. The molecule has 1 heterocycles. The summed E-state index contributed by atoms with van der Waals surface area (Å²) in [7, 11) is 3.94. The van der Waals surface area contributed by atoms with E-state index < -0.39 is 0 Å². The molecule has 8 heteroatoms. The number of hydrogen-bond donors (Lipinski definition) is 2. The minimum atomic E-state index is -0.206. The van der Waals surface area contributed by atoms with Gasteiger partial charge in [0.2, 0.25) is 0 Å². The quantitative estimate of drug-likeness (QED) is 0.282. The van der Waals surface area contributed by atoms with Gasteiger partial charge >= 0.3 is 0 Å². The maximum Gasteiger partial charge on any atom is 0.191 e. The molecule has 1 fully saturated rings. The van der Waals surface area contributed by atoms with Gasteiger partial charge in [-0.3, -0.25) is 9.89 Å². The molecule has 2 rings (SSSR count). The molecule has 0 radical (unpaired) electrons. The van der Waals surface area contributed by atoms with Gasteiger partial charge in [-0.1, -0.05) is 25.5 Å². The number of aliphatic imine (C=N–C) groups is 1. The van der Waals surface area contributed by atoms with E-state index in [1.54, 1.807) is 7.05 Å². The first-order valence-electron chi connectivity index (χ1n) is 10.3. The molecule has 0 bridgehead atoms. The third-order valence-electron chi connectivity index (χ3n) is 5.11.